The topological polar surface area (TPSA) is 61.4 Å². The van der Waals surface area contributed by atoms with Crippen molar-refractivity contribution in [3.05, 3.63) is 59.2 Å². The van der Waals surface area contributed by atoms with E-state index in [-0.39, 0.29) is 24.9 Å². The summed E-state index contributed by atoms with van der Waals surface area (Å²) in [5, 5.41) is 5.95. The Hall–Kier alpha value is -2.66. The van der Waals surface area contributed by atoms with Crippen LogP contribution in [-0.2, 0) is 9.59 Å². The van der Waals surface area contributed by atoms with Crippen molar-refractivity contribution < 1.29 is 9.59 Å². The van der Waals surface area contributed by atoms with Crippen LogP contribution >= 0.6 is 0 Å². The third-order valence-corrected chi connectivity index (χ3v) is 4.80. The molecule has 0 saturated carbocycles. The number of benzene rings is 2. The van der Waals surface area contributed by atoms with Crippen molar-refractivity contribution in [2.24, 2.45) is 0 Å². The van der Waals surface area contributed by atoms with E-state index in [4.69, 9.17) is 0 Å². The van der Waals surface area contributed by atoms with Crippen LogP contribution in [0.4, 0.5) is 11.4 Å². The third-order valence-electron chi connectivity index (χ3n) is 4.80. The molecular formula is C24H33N3O2. The number of nitrogens with zero attached hydrogens (tertiary/aromatic N) is 1. The number of carbonyl (C=O) groups excluding carboxylic acids is 2. The number of amides is 2. The van der Waals surface area contributed by atoms with Crippen molar-refractivity contribution in [2.45, 2.75) is 46.5 Å². The lowest BCUT2D eigenvalue weighted by molar-refractivity contribution is -0.119. The summed E-state index contributed by atoms with van der Waals surface area (Å²) in [6, 6.07) is 13.8. The van der Waals surface area contributed by atoms with Crippen LogP contribution in [0.25, 0.3) is 0 Å². The van der Waals surface area contributed by atoms with Gasteiger partial charge in [-0.2, -0.15) is 0 Å². The van der Waals surface area contributed by atoms with Crippen molar-refractivity contribution in [3.63, 3.8) is 0 Å². The normalized spacial score (nSPS) is 11.2. The summed E-state index contributed by atoms with van der Waals surface area (Å²) in [6.45, 7) is 10.8. The maximum Gasteiger partial charge on any atom is 0.238 e. The quantitative estimate of drug-likeness (QED) is 0.678. The number of likely N-dealkylation sites (N-methyl/N-ethyl adjacent to an activating group) is 1. The van der Waals surface area contributed by atoms with Gasteiger partial charge in [0.2, 0.25) is 11.8 Å². The minimum atomic E-state index is -0.144. The predicted molar refractivity (Wildman–Crippen MR) is 121 cm³/mol. The van der Waals surface area contributed by atoms with E-state index >= 15 is 0 Å². The first kappa shape index (κ1) is 22.6. The van der Waals surface area contributed by atoms with E-state index in [1.54, 1.807) is 11.9 Å². The molecule has 5 nitrogen and oxygen atoms in total. The molecule has 0 saturated heterocycles. The van der Waals surface area contributed by atoms with Crippen LogP contribution in [0.1, 0.15) is 56.2 Å². The summed E-state index contributed by atoms with van der Waals surface area (Å²) >= 11 is 0. The van der Waals surface area contributed by atoms with Crippen molar-refractivity contribution in [1.82, 2.24) is 4.90 Å². The Bertz CT molecular complexity index is 815. The zero-order valence-corrected chi connectivity index (χ0v) is 18.4. The fraction of sp³-hybridized carbons (Fsp3) is 0.417. The van der Waals surface area contributed by atoms with Gasteiger partial charge in [-0.15, -0.1) is 0 Å². The highest BCUT2D eigenvalue weighted by molar-refractivity contribution is 5.95. The summed E-state index contributed by atoms with van der Waals surface area (Å²) in [5.41, 5.74) is 5.05. The molecule has 29 heavy (non-hydrogen) atoms. The second-order valence-electron chi connectivity index (χ2n) is 8.26. The number of anilines is 2. The van der Waals surface area contributed by atoms with E-state index in [0.717, 1.165) is 28.1 Å². The first-order valence-corrected chi connectivity index (χ1v) is 10.1. The van der Waals surface area contributed by atoms with Gasteiger partial charge < -0.3 is 10.6 Å². The lowest BCUT2D eigenvalue weighted by atomic mass is 9.92. The lowest BCUT2D eigenvalue weighted by Gasteiger charge is -2.22. The van der Waals surface area contributed by atoms with Crippen LogP contribution in [0.15, 0.2) is 42.5 Å². The average molecular weight is 396 g/mol. The number of aryl methyl sites for hydroxylation is 1. The average Bonchev–Trinajstić information content (AvgIpc) is 2.63. The Balaban J connectivity index is 1.98. The Morgan fingerprint density at radius 1 is 0.828 bits per heavy atom. The standard InChI is InChI=1S/C24H33N3O2/c1-16(2)20-8-7-9-21(17(3)4)24(20)26-23(29)15-27(6)14-22(28)25-19-12-10-18(5)11-13-19/h7-13,16-17H,14-15H2,1-6H3,(H,25,28)(H,26,29). The number of hydrogen-bond donors (Lipinski definition) is 2. The van der Waals surface area contributed by atoms with Gasteiger partial charge in [-0.05, 0) is 49.1 Å². The molecule has 0 radical (unpaired) electrons. The molecule has 5 heteroatoms. The zero-order valence-electron chi connectivity index (χ0n) is 18.4. The lowest BCUT2D eigenvalue weighted by Crippen LogP contribution is -2.36. The third kappa shape index (κ3) is 6.71. The maximum absolute atomic E-state index is 12.7. The van der Waals surface area contributed by atoms with Gasteiger partial charge in [0.05, 0.1) is 13.1 Å². The predicted octanol–water partition coefficient (Wildman–Crippen LogP) is 4.75. The highest BCUT2D eigenvalue weighted by Gasteiger charge is 2.17. The van der Waals surface area contributed by atoms with Crippen molar-refractivity contribution >= 4 is 23.2 Å². The van der Waals surface area contributed by atoms with E-state index in [2.05, 4.69) is 50.5 Å². The number of nitrogens with one attached hydrogen (secondary N) is 2. The van der Waals surface area contributed by atoms with Gasteiger partial charge in [-0.3, -0.25) is 14.5 Å². The Kier molecular flexibility index (Phi) is 7.97. The van der Waals surface area contributed by atoms with Gasteiger partial charge >= 0.3 is 0 Å². The van der Waals surface area contributed by atoms with Crippen LogP contribution in [0, 0.1) is 6.92 Å². The fourth-order valence-corrected chi connectivity index (χ4v) is 3.26. The van der Waals surface area contributed by atoms with Crippen molar-refractivity contribution in [3.8, 4) is 0 Å². The van der Waals surface area contributed by atoms with E-state index in [9.17, 15) is 9.59 Å². The summed E-state index contributed by atoms with van der Waals surface area (Å²) in [4.78, 5) is 26.6. The number of hydrogen-bond acceptors (Lipinski definition) is 3. The second kappa shape index (κ2) is 10.2. The smallest absolute Gasteiger partial charge is 0.238 e. The molecular weight excluding hydrogens is 362 g/mol. The van der Waals surface area contributed by atoms with Crippen LogP contribution in [-0.4, -0.2) is 36.9 Å². The minimum Gasteiger partial charge on any atom is -0.325 e. The Morgan fingerprint density at radius 2 is 1.31 bits per heavy atom. The summed E-state index contributed by atoms with van der Waals surface area (Å²) in [5.74, 6) is 0.351. The molecule has 2 rings (SSSR count). The number of rotatable bonds is 8. The second-order valence-corrected chi connectivity index (χ2v) is 8.26. The minimum absolute atomic E-state index is 0.120. The van der Waals surface area contributed by atoms with Crippen LogP contribution in [0.5, 0.6) is 0 Å². The van der Waals surface area contributed by atoms with Crippen molar-refractivity contribution in [1.29, 1.82) is 0 Å². The molecule has 2 N–H and O–H groups in total. The largest absolute Gasteiger partial charge is 0.325 e. The van der Waals surface area contributed by atoms with Gasteiger partial charge in [0.25, 0.3) is 0 Å². The fourth-order valence-electron chi connectivity index (χ4n) is 3.26. The van der Waals surface area contributed by atoms with Crippen LogP contribution in [0.2, 0.25) is 0 Å². The molecule has 0 heterocycles. The molecule has 156 valence electrons. The highest BCUT2D eigenvalue weighted by atomic mass is 16.2. The Morgan fingerprint density at radius 3 is 1.79 bits per heavy atom. The van der Waals surface area contributed by atoms with Gasteiger partial charge in [0, 0.05) is 11.4 Å². The molecule has 0 atom stereocenters. The summed E-state index contributed by atoms with van der Waals surface area (Å²) in [7, 11) is 1.77. The van der Waals surface area contributed by atoms with E-state index in [1.165, 1.54) is 0 Å². The molecule has 2 amide bonds. The first-order valence-electron chi connectivity index (χ1n) is 10.1. The molecule has 2 aromatic rings. The summed E-state index contributed by atoms with van der Waals surface area (Å²) in [6.07, 6.45) is 0. The van der Waals surface area contributed by atoms with Gasteiger partial charge in [-0.1, -0.05) is 63.6 Å². The molecule has 0 aromatic heterocycles. The number of para-hydroxylation sites is 1. The number of carbonyl (C=O) groups is 2. The van der Waals surface area contributed by atoms with Gasteiger partial charge in [-0.25, -0.2) is 0 Å². The molecule has 0 unspecified atom stereocenters. The monoisotopic (exact) mass is 395 g/mol. The molecule has 0 aliphatic rings. The SMILES string of the molecule is Cc1ccc(NC(=O)CN(C)CC(=O)Nc2c(C(C)C)cccc2C(C)C)cc1. The molecule has 0 fully saturated rings. The zero-order chi connectivity index (χ0) is 21.6. The molecule has 2 aromatic carbocycles. The van der Waals surface area contributed by atoms with E-state index in [0.29, 0.717) is 11.8 Å². The van der Waals surface area contributed by atoms with Crippen LogP contribution < -0.4 is 10.6 Å². The Labute approximate surface area is 174 Å². The van der Waals surface area contributed by atoms with Gasteiger partial charge in [0.15, 0.2) is 0 Å². The molecule has 0 bridgehead atoms. The van der Waals surface area contributed by atoms with E-state index in [1.807, 2.05) is 37.3 Å². The highest BCUT2D eigenvalue weighted by Crippen LogP contribution is 2.32. The molecule has 0 aliphatic carbocycles. The summed E-state index contributed by atoms with van der Waals surface area (Å²) < 4.78 is 0. The van der Waals surface area contributed by atoms with Crippen molar-refractivity contribution in [2.75, 3.05) is 30.8 Å². The molecule has 0 aliphatic heterocycles. The van der Waals surface area contributed by atoms with Gasteiger partial charge in [0.1, 0.15) is 0 Å². The maximum atomic E-state index is 12.7. The first-order chi connectivity index (χ1) is 13.7. The van der Waals surface area contributed by atoms with Crippen LogP contribution in [0.3, 0.4) is 0 Å². The molecule has 0 spiro atoms. The van der Waals surface area contributed by atoms with E-state index < -0.39 is 0 Å².